The van der Waals surface area contributed by atoms with Crippen LogP contribution in [0.4, 0.5) is 0 Å². The molecule has 0 bridgehead atoms. The minimum absolute atomic E-state index is 0.0345. The third-order valence-electron chi connectivity index (χ3n) is 4.74. The molecule has 5 N–H and O–H groups in total. The summed E-state index contributed by atoms with van der Waals surface area (Å²) in [4.78, 5) is 55.1. The van der Waals surface area contributed by atoms with Crippen molar-refractivity contribution in [3.8, 4) is 11.5 Å². The second-order valence-electron chi connectivity index (χ2n) is 7.33. The molecule has 2 aromatic rings. The van der Waals surface area contributed by atoms with Crippen LogP contribution < -0.4 is 25.4 Å². The minimum atomic E-state index is -4.91. The largest absolute Gasteiger partial charge is 0.469 e. The molecular weight excluding hydrogens is 505 g/mol. The van der Waals surface area contributed by atoms with Crippen LogP contribution in [0.1, 0.15) is 21.5 Å². The van der Waals surface area contributed by atoms with Crippen LogP contribution in [0, 0.1) is 0 Å². The lowest BCUT2D eigenvalue weighted by Gasteiger charge is -2.19. The number of carbonyl (C=O) groups is 3. The maximum Gasteiger partial charge on any atom is 0.469 e. The number of hydrogen-bond donors (Lipinski definition) is 5. The molecule has 12 nitrogen and oxygen atoms in total. The van der Waals surface area contributed by atoms with Gasteiger partial charge in [-0.15, -0.1) is 11.6 Å². The van der Waals surface area contributed by atoms with Gasteiger partial charge in [0.25, 0.3) is 5.91 Å². The summed E-state index contributed by atoms with van der Waals surface area (Å²) in [6, 6.07) is 10.0. The van der Waals surface area contributed by atoms with Gasteiger partial charge in [0.05, 0.1) is 13.2 Å². The molecule has 1 heterocycles. The van der Waals surface area contributed by atoms with Gasteiger partial charge in [0, 0.05) is 18.0 Å². The number of carbonyl (C=O) groups excluding carboxylic acids is 3. The molecule has 0 radical (unpaired) electrons. The smallest absolute Gasteiger partial charge is 0.454 e. The molecular formula is C21H23ClN3O9P. The summed E-state index contributed by atoms with van der Waals surface area (Å²) in [7, 11) is -4.91. The number of alkyl halides is 1. The Bertz CT molecular complexity index is 1120. The Hall–Kier alpha value is -3.15. The summed E-state index contributed by atoms with van der Waals surface area (Å²) in [6.07, 6.45) is 0. The number of fused-ring (bicyclic) bond motifs is 1. The van der Waals surface area contributed by atoms with Gasteiger partial charge in [0.1, 0.15) is 6.04 Å². The topological polar surface area (TPSA) is 173 Å². The predicted molar refractivity (Wildman–Crippen MR) is 123 cm³/mol. The zero-order valence-corrected chi connectivity index (χ0v) is 19.9. The van der Waals surface area contributed by atoms with Crippen molar-refractivity contribution in [2.75, 3.05) is 19.9 Å². The lowest BCUT2D eigenvalue weighted by atomic mass is 10.1. The molecule has 0 unspecified atom stereocenters. The number of rotatable bonds is 11. The van der Waals surface area contributed by atoms with Gasteiger partial charge in [0.15, 0.2) is 11.5 Å². The third kappa shape index (κ3) is 8.23. The molecule has 0 spiro atoms. The van der Waals surface area contributed by atoms with Crippen molar-refractivity contribution in [3.63, 3.8) is 0 Å². The third-order valence-corrected chi connectivity index (χ3v) is 5.54. The second kappa shape index (κ2) is 12.0. The van der Waals surface area contributed by atoms with Crippen LogP contribution in [0.15, 0.2) is 42.5 Å². The molecule has 188 valence electrons. The van der Waals surface area contributed by atoms with Crippen molar-refractivity contribution in [1.82, 2.24) is 16.0 Å². The first kappa shape index (κ1) is 26.5. The van der Waals surface area contributed by atoms with E-state index < -0.39 is 44.7 Å². The Morgan fingerprint density at radius 2 is 1.71 bits per heavy atom. The molecule has 0 saturated carbocycles. The number of halogens is 1. The number of ether oxygens (including phenoxy) is 2. The quantitative estimate of drug-likeness (QED) is 0.209. The maximum absolute atomic E-state index is 12.6. The summed E-state index contributed by atoms with van der Waals surface area (Å²) in [5.74, 6) is -0.687. The Morgan fingerprint density at radius 1 is 1.03 bits per heavy atom. The fourth-order valence-corrected chi connectivity index (χ4v) is 3.49. The fraction of sp³-hybridized carbons (Fsp3) is 0.286. The maximum atomic E-state index is 12.6. The number of phosphoric ester groups is 1. The first-order valence-corrected chi connectivity index (χ1v) is 12.3. The highest BCUT2D eigenvalue weighted by atomic mass is 35.5. The lowest BCUT2D eigenvalue weighted by molar-refractivity contribution is -0.129. The number of amides is 3. The molecule has 14 heteroatoms. The predicted octanol–water partition coefficient (Wildman–Crippen LogP) is 0.794. The van der Waals surface area contributed by atoms with Gasteiger partial charge in [0.2, 0.25) is 18.6 Å². The Labute approximate surface area is 205 Å². The van der Waals surface area contributed by atoms with Crippen LogP contribution in [-0.4, -0.2) is 53.5 Å². The number of benzene rings is 2. The van der Waals surface area contributed by atoms with E-state index in [9.17, 15) is 18.9 Å². The van der Waals surface area contributed by atoms with Gasteiger partial charge in [-0.1, -0.05) is 18.2 Å². The van der Waals surface area contributed by atoms with Crippen molar-refractivity contribution < 1.29 is 42.7 Å². The summed E-state index contributed by atoms with van der Waals surface area (Å²) in [5.41, 5.74) is 1.78. The monoisotopic (exact) mass is 527 g/mol. The molecule has 35 heavy (non-hydrogen) atoms. The van der Waals surface area contributed by atoms with E-state index in [-0.39, 0.29) is 13.3 Å². The Kier molecular flexibility index (Phi) is 9.07. The van der Waals surface area contributed by atoms with E-state index in [1.54, 1.807) is 42.5 Å². The van der Waals surface area contributed by atoms with Crippen LogP contribution in [0.5, 0.6) is 11.5 Å². The molecule has 3 rings (SSSR count). The SMILES string of the molecule is O=C(CNC(=O)c1ccc(CCl)cc1)N[C@@H](COP(=O)(O)O)C(=O)NCc1ccc2c(c1)OCO2. The summed E-state index contributed by atoms with van der Waals surface area (Å²) < 4.78 is 26.0. The standard InChI is InChI=1S/C21H23ClN3O9P/c22-8-13-1-4-15(5-2-13)20(27)24-10-19(26)25-16(11-34-35(29,30)31)21(28)23-9-14-3-6-17-18(7-14)33-12-32-17/h1-7,16H,8-12H2,(H,23,28)(H,24,27)(H,25,26)(H2,29,30,31)/t16-/m0/s1. The molecule has 0 saturated heterocycles. The average molecular weight is 528 g/mol. The van der Waals surface area contributed by atoms with Crippen LogP contribution in [0.3, 0.4) is 0 Å². The highest BCUT2D eigenvalue weighted by Gasteiger charge is 2.26. The first-order chi connectivity index (χ1) is 16.6. The molecule has 1 aliphatic heterocycles. The van der Waals surface area contributed by atoms with E-state index in [0.29, 0.717) is 28.5 Å². The zero-order valence-electron chi connectivity index (χ0n) is 18.2. The number of hydrogen-bond acceptors (Lipinski definition) is 7. The van der Waals surface area contributed by atoms with Crippen molar-refractivity contribution in [1.29, 1.82) is 0 Å². The fourth-order valence-electron chi connectivity index (χ4n) is 2.97. The molecule has 3 amide bonds. The van der Waals surface area contributed by atoms with Crippen molar-refractivity contribution in [2.24, 2.45) is 0 Å². The van der Waals surface area contributed by atoms with E-state index in [0.717, 1.165) is 5.56 Å². The molecule has 0 aromatic heterocycles. The van der Waals surface area contributed by atoms with E-state index in [1.165, 1.54) is 0 Å². The average Bonchev–Trinajstić information content (AvgIpc) is 3.31. The zero-order chi connectivity index (χ0) is 25.4. The summed E-state index contributed by atoms with van der Waals surface area (Å²) >= 11 is 5.71. The summed E-state index contributed by atoms with van der Waals surface area (Å²) in [6.45, 7) is -1.16. The van der Waals surface area contributed by atoms with Gasteiger partial charge in [-0.3, -0.25) is 18.9 Å². The Balaban J connectivity index is 1.55. The van der Waals surface area contributed by atoms with Gasteiger partial charge in [-0.25, -0.2) is 4.57 Å². The van der Waals surface area contributed by atoms with Crippen molar-refractivity contribution in [2.45, 2.75) is 18.5 Å². The van der Waals surface area contributed by atoms with Gasteiger partial charge >= 0.3 is 7.82 Å². The van der Waals surface area contributed by atoms with E-state index in [1.807, 2.05) is 0 Å². The molecule has 0 fully saturated rings. The van der Waals surface area contributed by atoms with Crippen LogP contribution >= 0.6 is 19.4 Å². The molecule has 1 atom stereocenters. The highest BCUT2D eigenvalue weighted by Crippen LogP contribution is 2.35. The van der Waals surface area contributed by atoms with Gasteiger partial charge < -0.3 is 35.2 Å². The minimum Gasteiger partial charge on any atom is -0.454 e. The van der Waals surface area contributed by atoms with Gasteiger partial charge in [-0.05, 0) is 35.4 Å². The Morgan fingerprint density at radius 3 is 2.40 bits per heavy atom. The second-order valence-corrected chi connectivity index (χ2v) is 8.83. The molecule has 2 aromatic carbocycles. The van der Waals surface area contributed by atoms with Crippen LogP contribution in [-0.2, 0) is 31.1 Å². The van der Waals surface area contributed by atoms with Crippen molar-refractivity contribution in [3.05, 3.63) is 59.2 Å². The number of phosphoric acid groups is 1. The first-order valence-electron chi connectivity index (χ1n) is 10.2. The van der Waals surface area contributed by atoms with E-state index in [4.69, 9.17) is 30.9 Å². The van der Waals surface area contributed by atoms with Crippen LogP contribution in [0.25, 0.3) is 0 Å². The van der Waals surface area contributed by atoms with Gasteiger partial charge in [-0.2, -0.15) is 0 Å². The van der Waals surface area contributed by atoms with Crippen LogP contribution in [0.2, 0.25) is 0 Å². The number of nitrogens with one attached hydrogen (secondary N) is 3. The normalized spacial score (nSPS) is 13.1. The highest BCUT2D eigenvalue weighted by molar-refractivity contribution is 7.46. The molecule has 0 aliphatic carbocycles. The lowest BCUT2D eigenvalue weighted by Crippen LogP contribution is -2.51. The van der Waals surface area contributed by atoms with E-state index in [2.05, 4.69) is 20.5 Å². The summed E-state index contributed by atoms with van der Waals surface area (Å²) in [5, 5.41) is 7.25. The van der Waals surface area contributed by atoms with Crippen molar-refractivity contribution >= 4 is 37.1 Å². The van der Waals surface area contributed by atoms with E-state index >= 15 is 0 Å². The molecule has 1 aliphatic rings.